The summed E-state index contributed by atoms with van der Waals surface area (Å²) in [5.41, 5.74) is 0.294. The molecular formula is C20H27N3O5S. The van der Waals surface area contributed by atoms with E-state index in [0.29, 0.717) is 22.6 Å². The number of ether oxygens (including phenoxy) is 1. The van der Waals surface area contributed by atoms with Gasteiger partial charge in [0, 0.05) is 13.6 Å². The van der Waals surface area contributed by atoms with E-state index in [4.69, 9.17) is 4.74 Å². The van der Waals surface area contributed by atoms with Crippen molar-refractivity contribution in [3.05, 3.63) is 34.1 Å². The minimum absolute atomic E-state index is 0.0583. The van der Waals surface area contributed by atoms with Gasteiger partial charge in [0.15, 0.2) is 5.16 Å². The maximum absolute atomic E-state index is 12.9. The number of methoxy groups -OCH3 is 1. The summed E-state index contributed by atoms with van der Waals surface area (Å²) in [6.45, 7) is 4.37. The van der Waals surface area contributed by atoms with Gasteiger partial charge in [0.2, 0.25) is 5.91 Å². The van der Waals surface area contributed by atoms with E-state index in [1.807, 2.05) is 0 Å². The molecule has 1 aromatic carbocycles. The van der Waals surface area contributed by atoms with Gasteiger partial charge in [-0.25, -0.2) is 9.78 Å². The number of aliphatic hydroxyl groups excluding tert-OH is 1. The van der Waals surface area contributed by atoms with Crippen molar-refractivity contribution in [3.8, 4) is 0 Å². The van der Waals surface area contributed by atoms with Crippen molar-refractivity contribution in [1.82, 2.24) is 14.5 Å². The molecule has 1 N–H and O–H groups in total. The van der Waals surface area contributed by atoms with Crippen LogP contribution in [0.2, 0.25) is 0 Å². The van der Waals surface area contributed by atoms with Crippen LogP contribution >= 0.6 is 11.8 Å². The highest BCUT2D eigenvalue weighted by Crippen LogP contribution is 2.20. The van der Waals surface area contributed by atoms with Crippen molar-refractivity contribution in [1.29, 1.82) is 0 Å². The molecule has 1 aromatic heterocycles. The smallest absolute Gasteiger partial charge is 0.337 e. The predicted molar refractivity (Wildman–Crippen MR) is 112 cm³/mol. The van der Waals surface area contributed by atoms with E-state index < -0.39 is 12.1 Å². The van der Waals surface area contributed by atoms with Crippen LogP contribution in [0.3, 0.4) is 0 Å². The minimum Gasteiger partial charge on any atom is -0.465 e. The van der Waals surface area contributed by atoms with Crippen LogP contribution in [-0.2, 0) is 16.1 Å². The van der Waals surface area contributed by atoms with Crippen LogP contribution in [0.1, 0.15) is 37.0 Å². The number of carbonyl (C=O) groups is 2. The average Bonchev–Trinajstić information content (AvgIpc) is 2.71. The van der Waals surface area contributed by atoms with Gasteiger partial charge in [0.05, 0.1) is 42.0 Å². The van der Waals surface area contributed by atoms with Crippen LogP contribution in [0, 0.1) is 0 Å². The van der Waals surface area contributed by atoms with Crippen LogP contribution in [0.25, 0.3) is 10.9 Å². The number of amides is 1. The Kier molecular flexibility index (Phi) is 8.21. The van der Waals surface area contributed by atoms with Crippen LogP contribution in [-0.4, -0.2) is 64.0 Å². The fourth-order valence-electron chi connectivity index (χ4n) is 2.74. The summed E-state index contributed by atoms with van der Waals surface area (Å²) in [7, 11) is 3.03. The van der Waals surface area contributed by atoms with Crippen LogP contribution in [0.4, 0.5) is 0 Å². The Morgan fingerprint density at radius 1 is 1.38 bits per heavy atom. The highest BCUT2D eigenvalue weighted by Gasteiger charge is 2.17. The normalized spacial score (nSPS) is 12.0. The predicted octanol–water partition coefficient (Wildman–Crippen LogP) is 1.91. The lowest BCUT2D eigenvalue weighted by atomic mass is 10.1. The molecule has 9 heteroatoms. The summed E-state index contributed by atoms with van der Waals surface area (Å²) >= 11 is 1.14. The molecule has 0 radical (unpaired) electrons. The minimum atomic E-state index is -0.761. The van der Waals surface area contributed by atoms with E-state index in [-0.39, 0.29) is 29.3 Å². The number of fused-ring (bicyclic) bond motifs is 1. The maximum Gasteiger partial charge on any atom is 0.337 e. The van der Waals surface area contributed by atoms with E-state index >= 15 is 0 Å². The zero-order chi connectivity index (χ0) is 21.6. The van der Waals surface area contributed by atoms with Gasteiger partial charge in [0.1, 0.15) is 0 Å². The maximum atomic E-state index is 12.9. The standard InChI is InChI=1S/C20H27N3O5S/c1-5-6-9-22(3)17(25)12-29-20-21-16-10-14(19(27)28-4)7-8-15(16)18(26)23(20)11-13(2)24/h7-8,10,13,24H,5-6,9,11-12H2,1-4H3/t13-/m1/s1. The zero-order valence-corrected chi connectivity index (χ0v) is 18.0. The molecule has 0 fully saturated rings. The number of hydrogen-bond acceptors (Lipinski definition) is 7. The van der Waals surface area contributed by atoms with Gasteiger partial charge in [-0.3, -0.25) is 14.2 Å². The zero-order valence-electron chi connectivity index (χ0n) is 17.2. The summed E-state index contributed by atoms with van der Waals surface area (Å²) in [5, 5.41) is 10.5. The molecule has 8 nitrogen and oxygen atoms in total. The molecule has 2 aromatic rings. The molecular weight excluding hydrogens is 394 g/mol. The first-order valence-electron chi connectivity index (χ1n) is 9.46. The monoisotopic (exact) mass is 421 g/mol. The van der Waals surface area contributed by atoms with E-state index in [9.17, 15) is 19.5 Å². The molecule has 0 aliphatic rings. The third-order valence-electron chi connectivity index (χ3n) is 4.39. The fourth-order valence-corrected chi connectivity index (χ4v) is 3.69. The van der Waals surface area contributed by atoms with Gasteiger partial charge in [-0.15, -0.1) is 0 Å². The average molecular weight is 422 g/mol. The number of aromatic nitrogens is 2. The van der Waals surface area contributed by atoms with E-state index in [1.54, 1.807) is 18.9 Å². The van der Waals surface area contributed by atoms with Crippen LogP contribution in [0.15, 0.2) is 28.2 Å². The molecule has 0 unspecified atom stereocenters. The molecule has 1 atom stereocenters. The van der Waals surface area contributed by atoms with E-state index in [2.05, 4.69) is 11.9 Å². The Labute approximate surface area is 173 Å². The Morgan fingerprint density at radius 3 is 2.72 bits per heavy atom. The summed E-state index contributed by atoms with van der Waals surface area (Å²) in [6.07, 6.45) is 1.15. The summed E-state index contributed by atoms with van der Waals surface area (Å²) < 4.78 is 6.09. The Morgan fingerprint density at radius 2 is 2.10 bits per heavy atom. The van der Waals surface area contributed by atoms with Gasteiger partial charge in [-0.2, -0.15) is 0 Å². The van der Waals surface area contributed by atoms with Gasteiger partial charge in [-0.05, 0) is 31.5 Å². The first-order valence-corrected chi connectivity index (χ1v) is 10.4. The second-order valence-electron chi connectivity index (χ2n) is 6.84. The number of rotatable bonds is 9. The summed E-state index contributed by atoms with van der Waals surface area (Å²) in [4.78, 5) is 43.3. The Balaban J connectivity index is 2.40. The second kappa shape index (κ2) is 10.4. The molecule has 0 spiro atoms. The van der Waals surface area contributed by atoms with Gasteiger partial charge < -0.3 is 14.7 Å². The lowest BCUT2D eigenvalue weighted by Gasteiger charge is -2.18. The Bertz CT molecular complexity index is 942. The largest absolute Gasteiger partial charge is 0.465 e. The van der Waals surface area contributed by atoms with E-state index in [1.165, 1.54) is 29.9 Å². The molecule has 0 aliphatic carbocycles. The van der Waals surface area contributed by atoms with Crippen LogP contribution in [0.5, 0.6) is 0 Å². The first-order chi connectivity index (χ1) is 13.8. The number of hydrogen-bond donors (Lipinski definition) is 1. The highest BCUT2D eigenvalue weighted by atomic mass is 32.2. The van der Waals surface area contributed by atoms with Gasteiger partial charge >= 0.3 is 5.97 Å². The van der Waals surface area contributed by atoms with Crippen molar-refractivity contribution >= 4 is 34.5 Å². The summed E-state index contributed by atoms with van der Waals surface area (Å²) in [6, 6.07) is 4.52. The molecule has 2 rings (SSSR count). The van der Waals surface area contributed by atoms with Crippen molar-refractivity contribution in [2.24, 2.45) is 0 Å². The number of unbranched alkanes of at least 4 members (excludes halogenated alkanes) is 1. The van der Waals surface area contributed by atoms with Gasteiger partial charge in [0.25, 0.3) is 5.56 Å². The quantitative estimate of drug-likeness (QED) is 0.375. The van der Waals surface area contributed by atoms with Crippen molar-refractivity contribution in [3.63, 3.8) is 0 Å². The van der Waals surface area contributed by atoms with Crippen molar-refractivity contribution in [2.45, 2.75) is 44.5 Å². The third-order valence-corrected chi connectivity index (χ3v) is 5.35. The number of thioether (sulfide) groups is 1. The molecule has 0 bridgehead atoms. The van der Waals surface area contributed by atoms with Crippen molar-refractivity contribution in [2.75, 3.05) is 26.5 Å². The third kappa shape index (κ3) is 5.80. The highest BCUT2D eigenvalue weighted by molar-refractivity contribution is 7.99. The van der Waals surface area contributed by atoms with Crippen LogP contribution < -0.4 is 5.56 Å². The van der Waals surface area contributed by atoms with E-state index in [0.717, 1.165) is 24.6 Å². The molecule has 158 valence electrons. The number of carbonyl (C=O) groups excluding carboxylic acids is 2. The lowest BCUT2D eigenvalue weighted by Crippen LogP contribution is -2.31. The number of benzene rings is 1. The molecule has 1 amide bonds. The fraction of sp³-hybridized carbons (Fsp3) is 0.500. The first kappa shape index (κ1) is 22.9. The lowest BCUT2D eigenvalue weighted by molar-refractivity contribution is -0.127. The summed E-state index contributed by atoms with van der Waals surface area (Å²) in [5.74, 6) is -0.470. The van der Waals surface area contributed by atoms with Gasteiger partial charge in [-0.1, -0.05) is 25.1 Å². The number of esters is 1. The topological polar surface area (TPSA) is 102 Å². The second-order valence-corrected chi connectivity index (χ2v) is 7.78. The molecule has 1 heterocycles. The number of nitrogens with zero attached hydrogens (tertiary/aromatic N) is 3. The Hall–Kier alpha value is -2.39. The SMILES string of the molecule is CCCCN(C)C(=O)CSc1nc2cc(C(=O)OC)ccc2c(=O)n1C[C@@H](C)O. The molecule has 29 heavy (non-hydrogen) atoms. The molecule has 0 aliphatic heterocycles. The van der Waals surface area contributed by atoms with Crippen molar-refractivity contribution < 1.29 is 19.4 Å². The molecule has 0 saturated heterocycles. The molecule has 0 saturated carbocycles. The number of aliphatic hydroxyl groups is 1.